The van der Waals surface area contributed by atoms with Gasteiger partial charge in [0, 0.05) is 6.54 Å². The van der Waals surface area contributed by atoms with Crippen LogP contribution >= 0.6 is 11.8 Å². The van der Waals surface area contributed by atoms with E-state index in [0.29, 0.717) is 6.54 Å². The molecule has 2 atom stereocenters. The minimum Gasteiger partial charge on any atom is -0.496 e. The second-order valence-corrected chi connectivity index (χ2v) is 7.08. The van der Waals surface area contributed by atoms with Gasteiger partial charge in [0.2, 0.25) is 5.91 Å². The van der Waals surface area contributed by atoms with Gasteiger partial charge in [-0.15, -0.1) is 11.8 Å². The summed E-state index contributed by atoms with van der Waals surface area (Å²) in [6, 6.07) is 15.8. The summed E-state index contributed by atoms with van der Waals surface area (Å²) in [5.74, 6) is 1.63. The first-order valence-electron chi connectivity index (χ1n) is 7.86. The van der Waals surface area contributed by atoms with Gasteiger partial charge in [0.15, 0.2) is 0 Å². The van der Waals surface area contributed by atoms with Gasteiger partial charge >= 0.3 is 0 Å². The molecule has 4 nitrogen and oxygen atoms in total. The second-order valence-electron chi connectivity index (χ2n) is 5.66. The summed E-state index contributed by atoms with van der Waals surface area (Å²) in [5.41, 5.74) is 2.03. The van der Waals surface area contributed by atoms with Crippen molar-refractivity contribution in [1.29, 1.82) is 0 Å². The molecule has 5 heteroatoms. The number of rotatable bonds is 5. The first kappa shape index (κ1) is 16.7. The van der Waals surface area contributed by atoms with Gasteiger partial charge in [0.05, 0.1) is 25.0 Å². The molecule has 3 rings (SSSR count). The number of carbonyl (C=O) groups is 1. The zero-order valence-electron chi connectivity index (χ0n) is 14.1. The summed E-state index contributed by atoms with van der Waals surface area (Å²) in [5, 5.41) is -0.216. The molecule has 1 fully saturated rings. The third-order valence-electron chi connectivity index (χ3n) is 4.16. The molecule has 2 unspecified atom stereocenters. The van der Waals surface area contributed by atoms with Crippen LogP contribution in [0, 0.1) is 0 Å². The third kappa shape index (κ3) is 3.08. The Morgan fingerprint density at radius 2 is 1.62 bits per heavy atom. The van der Waals surface area contributed by atoms with Crippen LogP contribution < -0.4 is 9.47 Å². The zero-order chi connectivity index (χ0) is 17.1. The van der Waals surface area contributed by atoms with Crippen LogP contribution in [0.3, 0.4) is 0 Å². The molecule has 126 valence electrons. The van der Waals surface area contributed by atoms with Crippen molar-refractivity contribution in [3.05, 3.63) is 59.7 Å². The first-order chi connectivity index (χ1) is 11.7. The van der Waals surface area contributed by atoms with E-state index in [2.05, 4.69) is 0 Å². The smallest absolute Gasteiger partial charge is 0.236 e. The Morgan fingerprint density at radius 1 is 1.00 bits per heavy atom. The first-order valence-corrected chi connectivity index (χ1v) is 8.80. The van der Waals surface area contributed by atoms with Crippen LogP contribution in [0.15, 0.2) is 48.5 Å². The van der Waals surface area contributed by atoms with E-state index in [0.717, 1.165) is 22.6 Å². The molecule has 1 saturated heterocycles. The van der Waals surface area contributed by atoms with E-state index < -0.39 is 0 Å². The van der Waals surface area contributed by atoms with Crippen LogP contribution in [0.5, 0.6) is 11.5 Å². The van der Waals surface area contributed by atoms with Gasteiger partial charge in [-0.05, 0) is 24.6 Å². The number of methoxy groups -OCH3 is 2. The molecular formula is C19H21NO3S. The molecule has 1 aliphatic heterocycles. The van der Waals surface area contributed by atoms with Crippen LogP contribution in [0.2, 0.25) is 0 Å². The summed E-state index contributed by atoms with van der Waals surface area (Å²) in [4.78, 5) is 14.6. The molecule has 1 amide bonds. The number of carbonyl (C=O) groups excluding carboxylic acids is 1. The van der Waals surface area contributed by atoms with E-state index in [1.807, 2.05) is 60.4 Å². The van der Waals surface area contributed by atoms with Crippen molar-refractivity contribution >= 4 is 17.7 Å². The predicted octanol–water partition coefficient (Wildman–Crippen LogP) is 3.87. The fraction of sp³-hybridized carbons (Fsp3) is 0.316. The van der Waals surface area contributed by atoms with E-state index in [-0.39, 0.29) is 16.5 Å². The fourth-order valence-corrected chi connectivity index (χ4v) is 4.29. The van der Waals surface area contributed by atoms with Gasteiger partial charge in [0.1, 0.15) is 16.9 Å². The lowest BCUT2D eigenvalue weighted by Gasteiger charge is -2.27. The molecule has 0 spiro atoms. The lowest BCUT2D eigenvalue weighted by molar-refractivity contribution is -0.130. The summed E-state index contributed by atoms with van der Waals surface area (Å²) in [7, 11) is 3.29. The van der Waals surface area contributed by atoms with E-state index in [1.165, 1.54) is 0 Å². The molecule has 1 heterocycles. The molecule has 0 radical (unpaired) electrons. The SMILES string of the molecule is COc1cccc(OC)c1C1SC(C)C(=O)N1Cc1ccccc1. The van der Waals surface area contributed by atoms with E-state index >= 15 is 0 Å². The Morgan fingerprint density at radius 3 is 2.21 bits per heavy atom. The van der Waals surface area contributed by atoms with Gasteiger partial charge in [-0.1, -0.05) is 36.4 Å². The lowest BCUT2D eigenvalue weighted by Crippen LogP contribution is -2.30. The summed E-state index contributed by atoms with van der Waals surface area (Å²) in [6.07, 6.45) is 0. The second kappa shape index (κ2) is 7.18. The highest BCUT2D eigenvalue weighted by molar-refractivity contribution is 8.01. The van der Waals surface area contributed by atoms with Crippen LogP contribution in [-0.2, 0) is 11.3 Å². The molecule has 2 aromatic carbocycles. The van der Waals surface area contributed by atoms with Crippen molar-refractivity contribution in [3.8, 4) is 11.5 Å². The summed E-state index contributed by atoms with van der Waals surface area (Å²) >= 11 is 1.63. The largest absolute Gasteiger partial charge is 0.496 e. The van der Waals surface area contributed by atoms with Crippen molar-refractivity contribution in [2.45, 2.75) is 24.1 Å². The minimum absolute atomic E-state index is 0.0895. The average molecular weight is 343 g/mol. The molecule has 24 heavy (non-hydrogen) atoms. The molecule has 0 aliphatic carbocycles. The van der Waals surface area contributed by atoms with Crippen LogP contribution in [0.1, 0.15) is 23.4 Å². The standard InChI is InChI=1S/C19H21NO3S/c1-13-18(21)20(12-14-8-5-4-6-9-14)19(24-13)17-15(22-2)10-7-11-16(17)23-3/h4-11,13,19H,12H2,1-3H3. The summed E-state index contributed by atoms with van der Waals surface area (Å²) < 4.78 is 11.1. The average Bonchev–Trinajstić information content (AvgIpc) is 2.90. The number of amides is 1. The Balaban J connectivity index is 2.01. The zero-order valence-corrected chi connectivity index (χ0v) is 14.9. The lowest BCUT2D eigenvalue weighted by atomic mass is 10.1. The Kier molecular flexibility index (Phi) is 5.00. The number of hydrogen-bond acceptors (Lipinski definition) is 4. The maximum Gasteiger partial charge on any atom is 0.236 e. The minimum atomic E-state index is -0.126. The molecule has 0 N–H and O–H groups in total. The van der Waals surface area contributed by atoms with Gasteiger partial charge in [0.25, 0.3) is 0 Å². The number of nitrogens with zero attached hydrogens (tertiary/aromatic N) is 1. The topological polar surface area (TPSA) is 38.8 Å². The molecule has 1 aliphatic rings. The van der Waals surface area contributed by atoms with Gasteiger partial charge in [-0.25, -0.2) is 0 Å². The number of benzene rings is 2. The number of thioether (sulfide) groups is 1. The van der Waals surface area contributed by atoms with Crippen LogP contribution in [-0.4, -0.2) is 30.3 Å². The molecule has 0 aromatic heterocycles. The van der Waals surface area contributed by atoms with Gasteiger partial charge < -0.3 is 14.4 Å². The fourth-order valence-electron chi connectivity index (χ4n) is 2.96. The predicted molar refractivity (Wildman–Crippen MR) is 96.3 cm³/mol. The third-order valence-corrected chi connectivity index (χ3v) is 5.51. The van der Waals surface area contributed by atoms with Crippen LogP contribution in [0.4, 0.5) is 0 Å². The van der Waals surface area contributed by atoms with Crippen molar-refractivity contribution < 1.29 is 14.3 Å². The van der Waals surface area contributed by atoms with Crippen molar-refractivity contribution in [2.75, 3.05) is 14.2 Å². The molecule has 0 saturated carbocycles. The Labute approximate surface area is 146 Å². The Bertz CT molecular complexity index is 698. The highest BCUT2D eigenvalue weighted by Gasteiger charge is 2.41. The maximum absolute atomic E-state index is 12.7. The monoisotopic (exact) mass is 343 g/mol. The highest BCUT2D eigenvalue weighted by atomic mass is 32.2. The van der Waals surface area contributed by atoms with Gasteiger partial charge in [-0.2, -0.15) is 0 Å². The van der Waals surface area contributed by atoms with Gasteiger partial charge in [-0.3, -0.25) is 4.79 Å². The number of ether oxygens (including phenoxy) is 2. The van der Waals surface area contributed by atoms with E-state index in [4.69, 9.17) is 9.47 Å². The highest BCUT2D eigenvalue weighted by Crippen LogP contribution is 2.49. The van der Waals surface area contributed by atoms with E-state index in [1.54, 1.807) is 26.0 Å². The normalized spacial score (nSPS) is 20.3. The van der Waals surface area contributed by atoms with Crippen molar-refractivity contribution in [2.24, 2.45) is 0 Å². The Hall–Kier alpha value is -2.14. The molecule has 2 aromatic rings. The number of hydrogen-bond donors (Lipinski definition) is 0. The van der Waals surface area contributed by atoms with Crippen LogP contribution in [0.25, 0.3) is 0 Å². The molecule has 0 bridgehead atoms. The quantitative estimate of drug-likeness (QED) is 0.826. The van der Waals surface area contributed by atoms with E-state index in [9.17, 15) is 4.79 Å². The summed E-state index contributed by atoms with van der Waals surface area (Å²) in [6.45, 7) is 2.52. The van der Waals surface area contributed by atoms with Crippen molar-refractivity contribution in [1.82, 2.24) is 4.90 Å². The maximum atomic E-state index is 12.7. The molecular weight excluding hydrogens is 322 g/mol. The van der Waals surface area contributed by atoms with Crippen molar-refractivity contribution in [3.63, 3.8) is 0 Å².